The first-order valence-corrected chi connectivity index (χ1v) is 3.25. The molecule has 62 valence electrons. The topological polar surface area (TPSA) is 56.7 Å². The largest absolute Gasteiger partial charge is 1.00 e. The fourth-order valence-corrected chi connectivity index (χ4v) is 0.416. The van der Waals surface area contributed by atoms with Crippen LogP contribution in [0.1, 0.15) is 13.8 Å². The first-order valence-electron chi connectivity index (χ1n) is 3.25. The number of rotatable bonds is 3. The minimum Gasteiger partial charge on any atom is -1.00 e. The van der Waals surface area contributed by atoms with Gasteiger partial charge in [-0.15, -0.1) is 0 Å². The molecule has 0 spiro atoms. The molecule has 0 aliphatic heterocycles. The van der Waals surface area contributed by atoms with Crippen molar-refractivity contribution in [2.75, 3.05) is 13.1 Å². The zero-order valence-electron chi connectivity index (χ0n) is 6.48. The Hall–Kier alpha value is -0.280. The number of amides is 1. The Kier molecular flexibility index (Phi) is 8.48. The summed E-state index contributed by atoms with van der Waals surface area (Å²) in [5.74, 6) is 0.204. The van der Waals surface area contributed by atoms with E-state index in [2.05, 4.69) is 11.1 Å². The highest BCUT2D eigenvalue weighted by Crippen LogP contribution is 1.88. The highest BCUT2D eigenvalue weighted by Gasteiger charge is 2.03. The molecular weight excluding hydrogens is 152 g/mol. The number of quaternary nitrogens is 1. The van der Waals surface area contributed by atoms with Crippen LogP contribution in [0.25, 0.3) is 0 Å². The van der Waals surface area contributed by atoms with Gasteiger partial charge in [0, 0.05) is 5.92 Å². The summed E-state index contributed by atoms with van der Waals surface area (Å²) in [6.45, 7) is 5.20. The van der Waals surface area contributed by atoms with Gasteiger partial charge in [0.2, 0.25) is 5.91 Å². The van der Waals surface area contributed by atoms with Crippen molar-refractivity contribution in [1.29, 1.82) is 0 Å². The third-order valence-electron chi connectivity index (χ3n) is 1.00. The van der Waals surface area contributed by atoms with Crippen molar-refractivity contribution in [1.82, 2.24) is 5.32 Å². The van der Waals surface area contributed by atoms with E-state index in [9.17, 15) is 4.79 Å². The highest BCUT2D eigenvalue weighted by atomic mass is 35.5. The third-order valence-corrected chi connectivity index (χ3v) is 1.00. The van der Waals surface area contributed by atoms with Crippen molar-refractivity contribution >= 4 is 5.91 Å². The van der Waals surface area contributed by atoms with E-state index in [1.54, 1.807) is 0 Å². The number of hydrogen-bond acceptors (Lipinski definition) is 1. The summed E-state index contributed by atoms with van der Waals surface area (Å²) in [4.78, 5) is 10.8. The number of carbonyl (C=O) groups excluding carboxylic acids is 1. The van der Waals surface area contributed by atoms with Crippen molar-refractivity contribution in [3.05, 3.63) is 0 Å². The summed E-state index contributed by atoms with van der Waals surface area (Å²) in [6, 6.07) is 0. The summed E-state index contributed by atoms with van der Waals surface area (Å²) in [7, 11) is 0. The lowest BCUT2D eigenvalue weighted by Crippen LogP contribution is -3.00. The molecule has 0 rings (SSSR count). The summed E-state index contributed by atoms with van der Waals surface area (Å²) < 4.78 is 0. The van der Waals surface area contributed by atoms with Gasteiger partial charge in [0.1, 0.15) is 0 Å². The number of nitrogens with one attached hydrogen (secondary N) is 1. The van der Waals surface area contributed by atoms with Crippen LogP contribution in [0.2, 0.25) is 0 Å². The first-order chi connectivity index (χ1) is 4.18. The molecule has 0 radical (unpaired) electrons. The van der Waals surface area contributed by atoms with Crippen LogP contribution in [0.5, 0.6) is 0 Å². The molecule has 0 aliphatic rings. The monoisotopic (exact) mass is 166 g/mol. The van der Waals surface area contributed by atoms with Gasteiger partial charge >= 0.3 is 0 Å². The molecule has 0 aromatic heterocycles. The van der Waals surface area contributed by atoms with Crippen LogP contribution in [-0.4, -0.2) is 19.0 Å². The summed E-state index contributed by atoms with van der Waals surface area (Å²) in [6.07, 6.45) is 0. The molecular formula is C6H15ClN2O. The zero-order chi connectivity index (χ0) is 7.28. The Morgan fingerprint density at radius 1 is 1.60 bits per heavy atom. The summed E-state index contributed by atoms with van der Waals surface area (Å²) in [5, 5.41) is 2.73. The van der Waals surface area contributed by atoms with Gasteiger partial charge in [0.05, 0.1) is 13.1 Å². The Bertz CT molecular complexity index is 95.7. The van der Waals surface area contributed by atoms with Gasteiger partial charge in [-0.3, -0.25) is 4.79 Å². The van der Waals surface area contributed by atoms with Crippen molar-refractivity contribution in [3.8, 4) is 0 Å². The van der Waals surface area contributed by atoms with E-state index in [0.29, 0.717) is 6.54 Å². The summed E-state index contributed by atoms with van der Waals surface area (Å²) in [5.41, 5.74) is 3.60. The predicted molar refractivity (Wildman–Crippen MR) is 35.6 cm³/mol. The van der Waals surface area contributed by atoms with Crippen molar-refractivity contribution in [2.24, 2.45) is 5.92 Å². The van der Waals surface area contributed by atoms with Gasteiger partial charge in [-0.25, -0.2) is 0 Å². The van der Waals surface area contributed by atoms with Crippen molar-refractivity contribution in [3.63, 3.8) is 0 Å². The standard InChI is InChI=1S/C6H14N2O.ClH/c1-5(2)6(9)8-4-3-7;/h5H,3-4,7H2,1-2H3,(H,8,9);1H. The average molecular weight is 167 g/mol. The molecule has 10 heavy (non-hydrogen) atoms. The molecule has 4 N–H and O–H groups in total. The Labute approximate surface area is 67.8 Å². The van der Waals surface area contributed by atoms with E-state index in [1.807, 2.05) is 13.8 Å². The Morgan fingerprint density at radius 2 is 2.10 bits per heavy atom. The predicted octanol–water partition coefficient (Wildman–Crippen LogP) is -4.00. The van der Waals surface area contributed by atoms with E-state index in [0.717, 1.165) is 6.54 Å². The normalized spacial score (nSPS) is 8.80. The van der Waals surface area contributed by atoms with E-state index >= 15 is 0 Å². The lowest BCUT2D eigenvalue weighted by Gasteiger charge is -2.03. The van der Waals surface area contributed by atoms with Gasteiger partial charge in [0.15, 0.2) is 0 Å². The van der Waals surface area contributed by atoms with Crippen molar-refractivity contribution in [2.45, 2.75) is 13.8 Å². The van der Waals surface area contributed by atoms with Gasteiger partial charge in [-0.1, -0.05) is 13.8 Å². The third kappa shape index (κ3) is 5.85. The van der Waals surface area contributed by atoms with Crippen LogP contribution in [-0.2, 0) is 4.79 Å². The van der Waals surface area contributed by atoms with E-state index < -0.39 is 0 Å². The minimum atomic E-state index is 0. The van der Waals surface area contributed by atoms with Gasteiger partial charge in [-0.2, -0.15) is 0 Å². The first kappa shape index (κ1) is 12.4. The van der Waals surface area contributed by atoms with E-state index in [4.69, 9.17) is 0 Å². The Morgan fingerprint density at radius 3 is 2.40 bits per heavy atom. The second-order valence-electron chi connectivity index (χ2n) is 2.30. The quantitative estimate of drug-likeness (QED) is 0.442. The van der Waals surface area contributed by atoms with Crippen LogP contribution in [0.4, 0.5) is 0 Å². The molecule has 0 saturated heterocycles. The van der Waals surface area contributed by atoms with Gasteiger partial charge in [0.25, 0.3) is 0 Å². The molecule has 3 nitrogen and oxygen atoms in total. The second-order valence-corrected chi connectivity index (χ2v) is 2.30. The maximum absolute atomic E-state index is 10.8. The van der Waals surface area contributed by atoms with Gasteiger partial charge < -0.3 is 23.5 Å². The molecule has 0 heterocycles. The number of hydrogen-bond donors (Lipinski definition) is 2. The zero-order valence-corrected chi connectivity index (χ0v) is 7.24. The molecule has 0 unspecified atom stereocenters. The number of halogens is 1. The van der Waals surface area contributed by atoms with Gasteiger partial charge in [-0.05, 0) is 0 Å². The lowest BCUT2D eigenvalue weighted by atomic mass is 10.2. The van der Waals surface area contributed by atoms with Crippen LogP contribution in [0.15, 0.2) is 0 Å². The molecule has 0 atom stereocenters. The van der Waals surface area contributed by atoms with Crippen LogP contribution >= 0.6 is 0 Å². The second kappa shape index (κ2) is 6.83. The molecule has 0 aromatic carbocycles. The maximum Gasteiger partial charge on any atom is 0.222 e. The van der Waals surface area contributed by atoms with E-state index in [-0.39, 0.29) is 24.2 Å². The molecule has 1 amide bonds. The van der Waals surface area contributed by atoms with Crippen LogP contribution in [0, 0.1) is 5.92 Å². The maximum atomic E-state index is 10.8. The average Bonchev–Trinajstić information content (AvgIpc) is 1.82. The molecule has 0 aliphatic carbocycles. The smallest absolute Gasteiger partial charge is 0.222 e. The summed E-state index contributed by atoms with van der Waals surface area (Å²) >= 11 is 0. The fourth-order valence-electron chi connectivity index (χ4n) is 0.416. The molecule has 0 saturated carbocycles. The fraction of sp³-hybridized carbons (Fsp3) is 0.833. The molecule has 4 heteroatoms. The number of carbonyl (C=O) groups is 1. The van der Waals surface area contributed by atoms with Crippen LogP contribution in [0.3, 0.4) is 0 Å². The molecule has 0 aromatic rings. The van der Waals surface area contributed by atoms with Crippen molar-refractivity contribution < 1.29 is 22.9 Å². The molecule has 0 fully saturated rings. The highest BCUT2D eigenvalue weighted by molar-refractivity contribution is 5.77. The van der Waals surface area contributed by atoms with E-state index in [1.165, 1.54) is 0 Å². The SMILES string of the molecule is CC(C)C(=O)NCC[NH3+].[Cl-]. The molecule has 0 bridgehead atoms. The lowest BCUT2D eigenvalue weighted by molar-refractivity contribution is -0.364. The van der Waals surface area contributed by atoms with Crippen LogP contribution < -0.4 is 23.5 Å². The minimum absolute atomic E-state index is 0. The Balaban J connectivity index is 0.